The third-order valence-electron chi connectivity index (χ3n) is 1.70. The SMILES string of the molecule is COc1cc(C(=O)c2ccsc2)sn1. The van der Waals surface area contributed by atoms with Crippen LogP contribution in [0.1, 0.15) is 15.2 Å². The van der Waals surface area contributed by atoms with Crippen LogP contribution in [-0.2, 0) is 0 Å². The lowest BCUT2D eigenvalue weighted by molar-refractivity contribution is 0.104. The van der Waals surface area contributed by atoms with E-state index in [0.29, 0.717) is 16.3 Å². The van der Waals surface area contributed by atoms with Crippen LogP contribution in [0.25, 0.3) is 0 Å². The minimum Gasteiger partial charge on any atom is -0.480 e. The van der Waals surface area contributed by atoms with Gasteiger partial charge in [0.1, 0.15) is 0 Å². The maximum atomic E-state index is 11.8. The Morgan fingerprint density at radius 1 is 1.57 bits per heavy atom. The standard InChI is InChI=1S/C9H7NO2S2/c1-12-8-4-7(14-10-8)9(11)6-2-3-13-5-6/h2-5H,1H3. The van der Waals surface area contributed by atoms with E-state index in [0.717, 1.165) is 11.5 Å². The van der Waals surface area contributed by atoms with Gasteiger partial charge in [0, 0.05) is 17.0 Å². The molecule has 2 aromatic heterocycles. The van der Waals surface area contributed by atoms with Gasteiger partial charge in [-0.25, -0.2) is 0 Å². The molecule has 2 rings (SSSR count). The molecule has 0 aliphatic carbocycles. The fraction of sp³-hybridized carbons (Fsp3) is 0.111. The number of rotatable bonds is 3. The van der Waals surface area contributed by atoms with Crippen LogP contribution in [-0.4, -0.2) is 17.3 Å². The van der Waals surface area contributed by atoms with Crippen molar-refractivity contribution in [1.82, 2.24) is 4.37 Å². The van der Waals surface area contributed by atoms with Gasteiger partial charge in [0.05, 0.1) is 12.0 Å². The predicted octanol–water partition coefficient (Wildman–Crippen LogP) is 2.44. The summed E-state index contributed by atoms with van der Waals surface area (Å²) in [6.45, 7) is 0. The molecule has 0 saturated carbocycles. The molecular formula is C9H7NO2S2. The molecule has 0 bridgehead atoms. The second-order valence-corrected chi connectivity index (χ2v) is 4.16. The fourth-order valence-corrected chi connectivity index (χ4v) is 2.30. The first-order valence-corrected chi connectivity index (χ1v) is 5.60. The van der Waals surface area contributed by atoms with E-state index in [1.165, 1.54) is 18.4 Å². The van der Waals surface area contributed by atoms with Crippen LogP contribution in [0.15, 0.2) is 22.9 Å². The van der Waals surface area contributed by atoms with Crippen LogP contribution < -0.4 is 4.74 Å². The maximum absolute atomic E-state index is 11.8. The zero-order valence-electron chi connectivity index (χ0n) is 7.39. The van der Waals surface area contributed by atoms with E-state index in [1.54, 1.807) is 12.1 Å². The Morgan fingerprint density at radius 2 is 2.43 bits per heavy atom. The Morgan fingerprint density at radius 3 is 3.00 bits per heavy atom. The molecule has 0 spiro atoms. The monoisotopic (exact) mass is 225 g/mol. The smallest absolute Gasteiger partial charge is 0.225 e. The fourth-order valence-electron chi connectivity index (χ4n) is 0.998. The van der Waals surface area contributed by atoms with Crippen LogP contribution in [0, 0.1) is 0 Å². The van der Waals surface area contributed by atoms with Gasteiger partial charge in [-0.3, -0.25) is 4.79 Å². The van der Waals surface area contributed by atoms with E-state index in [9.17, 15) is 4.79 Å². The van der Waals surface area contributed by atoms with Gasteiger partial charge >= 0.3 is 0 Å². The molecule has 2 aromatic rings. The molecule has 0 aliphatic rings. The first-order chi connectivity index (χ1) is 6.81. The Bertz CT molecular complexity index is 433. The Labute approximate surface area is 89.1 Å². The first-order valence-electron chi connectivity index (χ1n) is 3.89. The maximum Gasteiger partial charge on any atom is 0.225 e. The molecule has 0 fully saturated rings. The van der Waals surface area contributed by atoms with Crippen molar-refractivity contribution in [1.29, 1.82) is 0 Å². The van der Waals surface area contributed by atoms with Gasteiger partial charge in [-0.05, 0) is 23.0 Å². The molecule has 0 amide bonds. The summed E-state index contributed by atoms with van der Waals surface area (Å²) in [5.74, 6) is 0.501. The number of hydrogen-bond acceptors (Lipinski definition) is 5. The molecule has 0 radical (unpaired) electrons. The van der Waals surface area contributed by atoms with Gasteiger partial charge in [0.15, 0.2) is 0 Å². The summed E-state index contributed by atoms with van der Waals surface area (Å²) in [5.41, 5.74) is 0.710. The van der Waals surface area contributed by atoms with Gasteiger partial charge in [-0.15, -0.1) is 0 Å². The third kappa shape index (κ3) is 1.69. The van der Waals surface area contributed by atoms with Gasteiger partial charge < -0.3 is 4.74 Å². The minimum atomic E-state index is 0.00653. The van der Waals surface area contributed by atoms with Crippen molar-refractivity contribution >= 4 is 28.7 Å². The molecule has 0 aliphatic heterocycles. The number of thiophene rings is 1. The molecule has 0 saturated heterocycles. The number of ketones is 1. The highest BCUT2D eigenvalue weighted by molar-refractivity contribution is 7.09. The van der Waals surface area contributed by atoms with E-state index in [4.69, 9.17) is 4.74 Å². The molecule has 14 heavy (non-hydrogen) atoms. The van der Waals surface area contributed by atoms with Crippen molar-refractivity contribution in [3.8, 4) is 5.88 Å². The van der Waals surface area contributed by atoms with Crippen LogP contribution in [0.2, 0.25) is 0 Å². The molecular weight excluding hydrogens is 218 g/mol. The number of ether oxygens (including phenoxy) is 1. The summed E-state index contributed by atoms with van der Waals surface area (Å²) in [7, 11) is 1.54. The molecule has 5 heteroatoms. The second-order valence-electron chi connectivity index (χ2n) is 2.57. The summed E-state index contributed by atoms with van der Waals surface area (Å²) in [6, 6.07) is 3.46. The topological polar surface area (TPSA) is 39.2 Å². The van der Waals surface area contributed by atoms with Crippen molar-refractivity contribution < 1.29 is 9.53 Å². The van der Waals surface area contributed by atoms with Gasteiger partial charge in [0.25, 0.3) is 0 Å². The highest BCUT2D eigenvalue weighted by Gasteiger charge is 2.13. The lowest BCUT2D eigenvalue weighted by Gasteiger charge is -1.90. The van der Waals surface area contributed by atoms with E-state index in [2.05, 4.69) is 4.37 Å². The number of hydrogen-bond donors (Lipinski definition) is 0. The zero-order chi connectivity index (χ0) is 9.97. The van der Waals surface area contributed by atoms with Crippen molar-refractivity contribution in [3.05, 3.63) is 33.3 Å². The average molecular weight is 225 g/mol. The van der Waals surface area contributed by atoms with Crippen LogP contribution in [0.4, 0.5) is 0 Å². The van der Waals surface area contributed by atoms with E-state index in [-0.39, 0.29) is 5.78 Å². The van der Waals surface area contributed by atoms with Crippen LogP contribution >= 0.6 is 22.9 Å². The van der Waals surface area contributed by atoms with Gasteiger partial charge in [-0.1, -0.05) is 0 Å². The average Bonchev–Trinajstić information content (AvgIpc) is 2.88. The molecule has 0 N–H and O–H groups in total. The summed E-state index contributed by atoms with van der Waals surface area (Å²) >= 11 is 2.67. The summed E-state index contributed by atoms with van der Waals surface area (Å²) < 4.78 is 8.88. The molecule has 0 atom stereocenters. The number of carbonyl (C=O) groups is 1. The quantitative estimate of drug-likeness (QED) is 0.753. The van der Waals surface area contributed by atoms with Crippen molar-refractivity contribution in [2.24, 2.45) is 0 Å². The highest BCUT2D eigenvalue weighted by atomic mass is 32.1. The highest BCUT2D eigenvalue weighted by Crippen LogP contribution is 2.20. The molecule has 2 heterocycles. The number of methoxy groups -OCH3 is 1. The van der Waals surface area contributed by atoms with Crippen molar-refractivity contribution in [2.45, 2.75) is 0 Å². The number of carbonyl (C=O) groups excluding carboxylic acids is 1. The summed E-state index contributed by atoms with van der Waals surface area (Å²) in [4.78, 5) is 12.4. The molecule has 3 nitrogen and oxygen atoms in total. The van der Waals surface area contributed by atoms with Crippen LogP contribution in [0.5, 0.6) is 5.88 Å². The Kier molecular flexibility index (Phi) is 2.60. The molecule has 72 valence electrons. The normalized spacial score (nSPS) is 10.1. The number of nitrogens with zero attached hydrogens (tertiary/aromatic N) is 1. The van der Waals surface area contributed by atoms with E-state index < -0.39 is 0 Å². The lowest BCUT2D eigenvalue weighted by Crippen LogP contribution is -1.95. The van der Waals surface area contributed by atoms with Gasteiger partial charge in [-0.2, -0.15) is 15.7 Å². The van der Waals surface area contributed by atoms with E-state index in [1.807, 2.05) is 10.8 Å². The molecule has 0 aromatic carbocycles. The lowest BCUT2D eigenvalue weighted by atomic mass is 10.2. The van der Waals surface area contributed by atoms with Crippen molar-refractivity contribution in [3.63, 3.8) is 0 Å². The molecule has 0 unspecified atom stereocenters. The van der Waals surface area contributed by atoms with Crippen molar-refractivity contribution in [2.75, 3.05) is 7.11 Å². The van der Waals surface area contributed by atoms with Gasteiger partial charge in [0.2, 0.25) is 11.7 Å². The Hall–Kier alpha value is -1.20. The minimum absolute atomic E-state index is 0.00653. The van der Waals surface area contributed by atoms with Crippen LogP contribution in [0.3, 0.4) is 0 Å². The first kappa shape index (κ1) is 9.36. The van der Waals surface area contributed by atoms with E-state index >= 15 is 0 Å². The predicted molar refractivity (Wildman–Crippen MR) is 56.4 cm³/mol. The summed E-state index contributed by atoms with van der Waals surface area (Å²) in [5, 5.41) is 3.71. The Balaban J connectivity index is 2.28. The third-order valence-corrected chi connectivity index (χ3v) is 3.16. The second kappa shape index (κ2) is 3.89. The zero-order valence-corrected chi connectivity index (χ0v) is 9.02. The number of aromatic nitrogens is 1. The largest absolute Gasteiger partial charge is 0.480 e. The summed E-state index contributed by atoms with van der Waals surface area (Å²) in [6.07, 6.45) is 0.